The largest absolute Gasteiger partial charge is 0.497 e. The zero-order valence-electron chi connectivity index (χ0n) is 19.9. The van der Waals surface area contributed by atoms with Crippen molar-refractivity contribution in [1.29, 1.82) is 0 Å². The smallest absolute Gasteiger partial charge is 0.343 e. The summed E-state index contributed by atoms with van der Waals surface area (Å²) in [4.78, 5) is 24.5. The fourth-order valence-electron chi connectivity index (χ4n) is 3.02. The van der Waals surface area contributed by atoms with Crippen molar-refractivity contribution in [2.75, 3.05) is 20.3 Å². The molecule has 0 spiro atoms. The van der Waals surface area contributed by atoms with Crippen LogP contribution in [0.3, 0.4) is 0 Å². The van der Waals surface area contributed by atoms with E-state index in [1.807, 2.05) is 31.2 Å². The number of hydrazone groups is 1. The summed E-state index contributed by atoms with van der Waals surface area (Å²) in [5, 5.41) is 3.96. The van der Waals surface area contributed by atoms with Crippen molar-refractivity contribution in [3.63, 3.8) is 0 Å². The first-order chi connectivity index (χ1) is 17.0. The molecule has 35 heavy (non-hydrogen) atoms. The minimum Gasteiger partial charge on any atom is -0.497 e. The van der Waals surface area contributed by atoms with Gasteiger partial charge in [0.15, 0.2) is 18.1 Å². The predicted octanol–water partition coefficient (Wildman–Crippen LogP) is 4.40. The molecule has 0 radical (unpaired) electrons. The van der Waals surface area contributed by atoms with E-state index >= 15 is 0 Å². The molecule has 0 fully saturated rings. The summed E-state index contributed by atoms with van der Waals surface area (Å²) in [6, 6.07) is 19.1. The lowest BCUT2D eigenvalue weighted by Crippen LogP contribution is -2.24. The van der Waals surface area contributed by atoms with Gasteiger partial charge < -0.3 is 18.9 Å². The monoisotopic (exact) mass is 476 g/mol. The summed E-state index contributed by atoms with van der Waals surface area (Å²) in [5.74, 6) is 0.995. The minimum atomic E-state index is -0.522. The molecular weight excluding hydrogens is 448 g/mol. The topological polar surface area (TPSA) is 95.5 Å². The molecule has 182 valence electrons. The van der Waals surface area contributed by atoms with Gasteiger partial charge in [-0.25, -0.2) is 10.2 Å². The molecule has 0 saturated heterocycles. The third-order valence-electron chi connectivity index (χ3n) is 4.90. The van der Waals surface area contributed by atoms with Crippen LogP contribution in [0, 0.1) is 0 Å². The molecule has 0 atom stereocenters. The maximum atomic E-state index is 12.5. The zero-order chi connectivity index (χ0) is 25.0. The molecule has 0 heterocycles. The average Bonchev–Trinajstić information content (AvgIpc) is 2.89. The number of carbonyl (C=O) groups is 2. The van der Waals surface area contributed by atoms with Gasteiger partial charge in [0, 0.05) is 0 Å². The number of benzene rings is 3. The number of rotatable bonds is 11. The Morgan fingerprint density at radius 3 is 2.26 bits per heavy atom. The van der Waals surface area contributed by atoms with E-state index in [4.69, 9.17) is 18.9 Å². The van der Waals surface area contributed by atoms with Crippen molar-refractivity contribution in [3.8, 4) is 23.0 Å². The van der Waals surface area contributed by atoms with Crippen LogP contribution in [0.15, 0.2) is 71.8 Å². The summed E-state index contributed by atoms with van der Waals surface area (Å²) in [6.07, 6.45) is 2.40. The summed E-state index contributed by atoms with van der Waals surface area (Å²) >= 11 is 0. The number of hydrogen-bond donors (Lipinski definition) is 1. The molecule has 8 heteroatoms. The molecule has 3 aromatic rings. The fourth-order valence-corrected chi connectivity index (χ4v) is 3.02. The van der Waals surface area contributed by atoms with Crippen LogP contribution >= 0.6 is 0 Å². The lowest BCUT2D eigenvalue weighted by atomic mass is 10.2. The van der Waals surface area contributed by atoms with Gasteiger partial charge in [0.25, 0.3) is 5.91 Å². The number of nitrogens with zero attached hydrogens (tertiary/aromatic N) is 1. The number of ether oxygens (including phenoxy) is 4. The van der Waals surface area contributed by atoms with Crippen LogP contribution in [0.5, 0.6) is 23.0 Å². The number of methoxy groups -OCH3 is 1. The van der Waals surface area contributed by atoms with Crippen LogP contribution < -0.4 is 24.4 Å². The first-order valence-electron chi connectivity index (χ1n) is 11.2. The Balaban J connectivity index is 1.57. The quantitative estimate of drug-likeness (QED) is 0.191. The van der Waals surface area contributed by atoms with Gasteiger partial charge in [-0.05, 0) is 79.1 Å². The first kappa shape index (κ1) is 25.3. The lowest BCUT2D eigenvalue weighted by molar-refractivity contribution is -0.123. The van der Waals surface area contributed by atoms with Gasteiger partial charge in [0.1, 0.15) is 11.5 Å². The van der Waals surface area contributed by atoms with Gasteiger partial charge in [0.2, 0.25) is 0 Å². The second kappa shape index (κ2) is 12.8. The molecule has 1 amide bonds. The van der Waals surface area contributed by atoms with Gasteiger partial charge in [-0.1, -0.05) is 19.1 Å². The van der Waals surface area contributed by atoms with E-state index in [1.165, 1.54) is 11.8 Å². The summed E-state index contributed by atoms with van der Waals surface area (Å²) in [6.45, 7) is 4.11. The number of aryl methyl sites for hydroxylation is 1. The van der Waals surface area contributed by atoms with Crippen molar-refractivity contribution >= 4 is 18.1 Å². The van der Waals surface area contributed by atoms with E-state index in [0.29, 0.717) is 35.0 Å². The standard InChI is InChI=1S/C27H28N2O6/c1-4-19-6-11-23(12-7-19)34-18-26(30)29-28-17-20-8-15-24(25(16-20)33-5-2)35-27(31)21-9-13-22(32-3)14-10-21/h6-17H,4-5,18H2,1-3H3,(H,29,30)/b28-17-. The average molecular weight is 477 g/mol. The maximum Gasteiger partial charge on any atom is 0.343 e. The predicted molar refractivity (Wildman–Crippen MR) is 133 cm³/mol. The number of carbonyl (C=O) groups excluding carboxylic acids is 2. The zero-order valence-corrected chi connectivity index (χ0v) is 19.9. The molecule has 8 nitrogen and oxygen atoms in total. The molecule has 0 aromatic heterocycles. The van der Waals surface area contributed by atoms with Gasteiger partial charge >= 0.3 is 5.97 Å². The van der Waals surface area contributed by atoms with Gasteiger partial charge in [-0.2, -0.15) is 5.10 Å². The number of hydrogen-bond acceptors (Lipinski definition) is 7. The van der Waals surface area contributed by atoms with Crippen LogP contribution in [0.4, 0.5) is 0 Å². The van der Waals surface area contributed by atoms with Crippen LogP contribution in [0.25, 0.3) is 0 Å². The maximum absolute atomic E-state index is 12.5. The highest BCUT2D eigenvalue weighted by atomic mass is 16.6. The van der Waals surface area contributed by atoms with Crippen molar-refractivity contribution in [2.45, 2.75) is 20.3 Å². The van der Waals surface area contributed by atoms with E-state index in [9.17, 15) is 9.59 Å². The van der Waals surface area contributed by atoms with E-state index in [-0.39, 0.29) is 12.4 Å². The minimum absolute atomic E-state index is 0.159. The third-order valence-corrected chi connectivity index (χ3v) is 4.90. The highest BCUT2D eigenvalue weighted by molar-refractivity contribution is 5.92. The lowest BCUT2D eigenvalue weighted by Gasteiger charge is -2.11. The third kappa shape index (κ3) is 7.60. The Hall–Kier alpha value is -4.33. The summed E-state index contributed by atoms with van der Waals surface area (Å²) < 4.78 is 21.7. The summed E-state index contributed by atoms with van der Waals surface area (Å²) in [7, 11) is 1.55. The molecule has 0 unspecified atom stereocenters. The Morgan fingerprint density at radius 2 is 1.60 bits per heavy atom. The molecule has 1 N–H and O–H groups in total. The van der Waals surface area contributed by atoms with Gasteiger partial charge in [-0.3, -0.25) is 4.79 Å². The van der Waals surface area contributed by atoms with E-state index < -0.39 is 11.9 Å². The molecule has 0 aliphatic heterocycles. The second-order valence-corrected chi connectivity index (χ2v) is 7.34. The van der Waals surface area contributed by atoms with Crippen LogP contribution in [-0.2, 0) is 11.2 Å². The molecular formula is C27H28N2O6. The normalized spacial score (nSPS) is 10.6. The van der Waals surface area contributed by atoms with E-state index in [2.05, 4.69) is 17.5 Å². The molecule has 0 aliphatic rings. The Morgan fingerprint density at radius 1 is 0.886 bits per heavy atom. The highest BCUT2D eigenvalue weighted by Crippen LogP contribution is 2.29. The van der Waals surface area contributed by atoms with Crippen molar-refractivity contribution in [2.24, 2.45) is 5.10 Å². The van der Waals surface area contributed by atoms with E-state index in [0.717, 1.165) is 6.42 Å². The second-order valence-electron chi connectivity index (χ2n) is 7.34. The Kier molecular flexibility index (Phi) is 9.24. The van der Waals surface area contributed by atoms with E-state index in [1.54, 1.807) is 49.6 Å². The van der Waals surface area contributed by atoms with Crippen LogP contribution in [-0.4, -0.2) is 38.4 Å². The molecule has 0 bridgehead atoms. The van der Waals surface area contributed by atoms with Gasteiger partial charge in [-0.15, -0.1) is 0 Å². The van der Waals surface area contributed by atoms with Crippen molar-refractivity contribution < 1.29 is 28.5 Å². The number of esters is 1. The number of nitrogens with one attached hydrogen (secondary N) is 1. The Labute approximate surface area is 204 Å². The van der Waals surface area contributed by atoms with Gasteiger partial charge in [0.05, 0.1) is 25.5 Å². The van der Waals surface area contributed by atoms with Crippen molar-refractivity contribution in [1.82, 2.24) is 5.43 Å². The molecule has 3 rings (SSSR count). The SMILES string of the molecule is CCOc1cc(/C=N\NC(=O)COc2ccc(CC)cc2)ccc1OC(=O)c1ccc(OC)cc1. The Bertz CT molecular complexity index is 1160. The van der Waals surface area contributed by atoms with Crippen LogP contribution in [0.1, 0.15) is 35.3 Å². The highest BCUT2D eigenvalue weighted by Gasteiger charge is 2.13. The van der Waals surface area contributed by atoms with Crippen LogP contribution in [0.2, 0.25) is 0 Å². The summed E-state index contributed by atoms with van der Waals surface area (Å²) in [5.41, 5.74) is 4.64. The first-order valence-corrected chi connectivity index (χ1v) is 11.2. The molecule has 0 aliphatic carbocycles. The molecule has 3 aromatic carbocycles. The fraction of sp³-hybridized carbons (Fsp3) is 0.222. The molecule has 0 saturated carbocycles. The number of amides is 1. The van der Waals surface area contributed by atoms with Crippen molar-refractivity contribution in [3.05, 3.63) is 83.4 Å².